The van der Waals surface area contributed by atoms with Crippen LogP contribution in [-0.2, 0) is 0 Å². The van der Waals surface area contributed by atoms with E-state index < -0.39 is 11.0 Å². The molecule has 2 amide bonds. The van der Waals surface area contributed by atoms with Crippen LogP contribution in [0, 0.1) is 10.1 Å². The van der Waals surface area contributed by atoms with E-state index in [1.807, 2.05) is 0 Å². The predicted octanol–water partition coefficient (Wildman–Crippen LogP) is 2.34. The van der Waals surface area contributed by atoms with E-state index in [0.29, 0.717) is 5.02 Å². The van der Waals surface area contributed by atoms with E-state index in [9.17, 15) is 14.9 Å². The third-order valence-corrected chi connectivity index (χ3v) is 2.04. The zero-order chi connectivity index (χ0) is 12.3. The van der Waals surface area contributed by atoms with Crippen LogP contribution in [0.2, 0.25) is 5.02 Å². The molecule has 0 saturated heterocycles. The molecule has 0 radical (unpaired) electrons. The lowest BCUT2D eigenvalue weighted by Gasteiger charge is -2.12. The molecule has 0 heterocycles. The van der Waals surface area contributed by atoms with Crippen LogP contribution < -0.4 is 5.32 Å². The number of hydrogen-bond donors (Lipinski definition) is 1. The Labute approximate surface area is 97.0 Å². The van der Waals surface area contributed by atoms with Crippen molar-refractivity contribution >= 4 is 29.0 Å². The summed E-state index contributed by atoms with van der Waals surface area (Å²) in [6.07, 6.45) is 0. The fraction of sp³-hybridized carbons (Fsp3) is 0.222. The first-order valence-electron chi connectivity index (χ1n) is 4.34. The summed E-state index contributed by atoms with van der Waals surface area (Å²) in [5.74, 6) is 0. The molecular formula is C9H10ClN3O3. The highest BCUT2D eigenvalue weighted by Crippen LogP contribution is 2.27. The van der Waals surface area contributed by atoms with Gasteiger partial charge in [-0.05, 0) is 12.1 Å². The number of carbonyl (C=O) groups is 1. The van der Waals surface area contributed by atoms with Crippen molar-refractivity contribution in [2.45, 2.75) is 0 Å². The van der Waals surface area contributed by atoms with E-state index in [0.717, 1.165) is 0 Å². The van der Waals surface area contributed by atoms with Crippen LogP contribution in [-0.4, -0.2) is 29.9 Å². The molecule has 0 aliphatic heterocycles. The average molecular weight is 244 g/mol. The van der Waals surface area contributed by atoms with Gasteiger partial charge in [-0.15, -0.1) is 0 Å². The summed E-state index contributed by atoms with van der Waals surface area (Å²) in [6, 6.07) is 3.52. The molecular weight excluding hydrogens is 234 g/mol. The molecule has 0 atom stereocenters. The smallest absolute Gasteiger partial charge is 0.321 e. The Bertz CT molecular complexity index is 434. The van der Waals surface area contributed by atoms with Crippen LogP contribution in [0.15, 0.2) is 18.2 Å². The number of benzene rings is 1. The van der Waals surface area contributed by atoms with Crippen LogP contribution in [0.25, 0.3) is 0 Å². The number of nitro benzene ring substituents is 1. The SMILES string of the molecule is CN(C)C(=O)Nc1cc(Cl)ccc1[N+](=O)[O-]. The zero-order valence-electron chi connectivity index (χ0n) is 8.73. The number of halogens is 1. The van der Waals surface area contributed by atoms with Crippen molar-refractivity contribution in [1.82, 2.24) is 4.90 Å². The summed E-state index contributed by atoms with van der Waals surface area (Å²) in [4.78, 5) is 22.7. The molecule has 7 heteroatoms. The van der Waals surface area contributed by atoms with Gasteiger partial charge in [0.25, 0.3) is 5.69 Å². The molecule has 1 aromatic rings. The van der Waals surface area contributed by atoms with Crippen molar-refractivity contribution in [3.8, 4) is 0 Å². The summed E-state index contributed by atoms with van der Waals surface area (Å²) in [6.45, 7) is 0. The highest BCUT2D eigenvalue weighted by Gasteiger charge is 2.16. The Morgan fingerprint density at radius 2 is 2.12 bits per heavy atom. The number of nitrogens with one attached hydrogen (secondary N) is 1. The quantitative estimate of drug-likeness (QED) is 0.640. The molecule has 0 aromatic heterocycles. The van der Waals surface area contributed by atoms with Crippen molar-refractivity contribution in [3.05, 3.63) is 33.3 Å². The standard InChI is InChI=1S/C9H10ClN3O3/c1-12(2)9(14)11-7-5-6(10)3-4-8(7)13(15)16/h3-5H,1-2H3,(H,11,14). The molecule has 0 saturated carbocycles. The van der Waals surface area contributed by atoms with E-state index in [4.69, 9.17) is 11.6 Å². The summed E-state index contributed by atoms with van der Waals surface area (Å²) < 4.78 is 0. The second kappa shape index (κ2) is 4.80. The van der Waals surface area contributed by atoms with Crippen LogP contribution in [0.3, 0.4) is 0 Å². The summed E-state index contributed by atoms with van der Waals surface area (Å²) >= 11 is 5.70. The Kier molecular flexibility index (Phi) is 3.68. The van der Waals surface area contributed by atoms with Gasteiger partial charge in [-0.25, -0.2) is 4.79 Å². The fourth-order valence-corrected chi connectivity index (χ4v) is 1.17. The van der Waals surface area contributed by atoms with Crippen LogP contribution in [0.5, 0.6) is 0 Å². The Balaban J connectivity index is 3.06. The van der Waals surface area contributed by atoms with Gasteiger partial charge in [0.15, 0.2) is 0 Å². The van der Waals surface area contributed by atoms with Gasteiger partial charge in [0.2, 0.25) is 0 Å². The lowest BCUT2D eigenvalue weighted by molar-refractivity contribution is -0.383. The Morgan fingerprint density at radius 3 is 2.62 bits per heavy atom. The number of rotatable bonds is 2. The van der Waals surface area contributed by atoms with Gasteiger partial charge >= 0.3 is 6.03 Å². The number of amides is 2. The molecule has 1 rings (SSSR count). The van der Waals surface area contributed by atoms with Gasteiger partial charge in [0.05, 0.1) is 4.92 Å². The third kappa shape index (κ3) is 2.83. The average Bonchev–Trinajstić information content (AvgIpc) is 2.16. The van der Waals surface area contributed by atoms with E-state index in [1.165, 1.54) is 37.2 Å². The minimum absolute atomic E-state index is 0.0798. The van der Waals surface area contributed by atoms with Gasteiger partial charge < -0.3 is 10.2 Å². The molecule has 86 valence electrons. The highest BCUT2D eigenvalue weighted by atomic mass is 35.5. The van der Waals surface area contributed by atoms with Crippen molar-refractivity contribution in [2.75, 3.05) is 19.4 Å². The highest BCUT2D eigenvalue weighted by molar-refractivity contribution is 6.31. The zero-order valence-corrected chi connectivity index (χ0v) is 9.49. The Hall–Kier alpha value is -1.82. The molecule has 1 N–H and O–H groups in total. The maximum atomic E-state index is 11.3. The molecule has 0 bridgehead atoms. The largest absolute Gasteiger partial charge is 0.331 e. The van der Waals surface area contributed by atoms with Gasteiger partial charge in [-0.2, -0.15) is 0 Å². The maximum Gasteiger partial charge on any atom is 0.321 e. The minimum atomic E-state index is -0.582. The van der Waals surface area contributed by atoms with Gasteiger partial charge in [-0.1, -0.05) is 11.6 Å². The molecule has 0 fully saturated rings. The summed E-state index contributed by atoms with van der Waals surface area (Å²) in [7, 11) is 3.07. The number of hydrogen-bond acceptors (Lipinski definition) is 3. The monoisotopic (exact) mass is 243 g/mol. The number of carbonyl (C=O) groups excluding carboxylic acids is 1. The lowest BCUT2D eigenvalue weighted by Crippen LogP contribution is -2.27. The molecule has 1 aromatic carbocycles. The molecule has 6 nitrogen and oxygen atoms in total. The number of nitrogens with zero attached hydrogens (tertiary/aromatic N) is 2. The number of anilines is 1. The summed E-state index contributed by atoms with van der Waals surface area (Å²) in [5.41, 5.74) is -0.115. The van der Waals surface area contributed by atoms with Gasteiger partial charge in [0.1, 0.15) is 5.69 Å². The maximum absolute atomic E-state index is 11.3. The van der Waals surface area contributed by atoms with Crippen molar-refractivity contribution in [2.24, 2.45) is 0 Å². The fourth-order valence-electron chi connectivity index (χ4n) is 0.995. The molecule has 0 aliphatic carbocycles. The second-order valence-electron chi connectivity index (χ2n) is 3.24. The van der Waals surface area contributed by atoms with Crippen LogP contribution in [0.1, 0.15) is 0 Å². The minimum Gasteiger partial charge on any atom is -0.331 e. The van der Waals surface area contributed by atoms with Crippen LogP contribution >= 0.6 is 11.6 Å². The molecule has 16 heavy (non-hydrogen) atoms. The summed E-state index contributed by atoms with van der Waals surface area (Å²) in [5, 5.41) is 13.4. The van der Waals surface area contributed by atoms with Crippen molar-refractivity contribution < 1.29 is 9.72 Å². The second-order valence-corrected chi connectivity index (χ2v) is 3.68. The first-order valence-corrected chi connectivity index (χ1v) is 4.72. The number of nitro groups is 1. The van der Waals surface area contributed by atoms with Gasteiger partial charge in [-0.3, -0.25) is 10.1 Å². The van der Waals surface area contributed by atoms with E-state index in [1.54, 1.807) is 0 Å². The normalized spacial score (nSPS) is 9.69. The number of urea groups is 1. The van der Waals surface area contributed by atoms with E-state index in [2.05, 4.69) is 5.32 Å². The van der Waals surface area contributed by atoms with E-state index in [-0.39, 0.29) is 11.4 Å². The third-order valence-electron chi connectivity index (χ3n) is 1.80. The molecule has 0 aliphatic rings. The predicted molar refractivity (Wildman–Crippen MR) is 60.8 cm³/mol. The molecule has 0 spiro atoms. The first-order chi connectivity index (χ1) is 7.41. The lowest BCUT2D eigenvalue weighted by atomic mass is 10.2. The molecule has 0 unspecified atom stereocenters. The van der Waals surface area contributed by atoms with Crippen LogP contribution in [0.4, 0.5) is 16.2 Å². The van der Waals surface area contributed by atoms with Gasteiger partial charge in [0, 0.05) is 25.2 Å². The Morgan fingerprint density at radius 1 is 1.50 bits per heavy atom. The van der Waals surface area contributed by atoms with Crippen molar-refractivity contribution in [3.63, 3.8) is 0 Å². The van der Waals surface area contributed by atoms with Crippen molar-refractivity contribution in [1.29, 1.82) is 0 Å². The first kappa shape index (κ1) is 12.3. The van der Waals surface area contributed by atoms with E-state index >= 15 is 0 Å². The topological polar surface area (TPSA) is 75.5 Å².